The van der Waals surface area contributed by atoms with E-state index in [0.717, 1.165) is 13.8 Å². The van der Waals surface area contributed by atoms with Crippen molar-refractivity contribution in [1.82, 2.24) is 15.0 Å². The summed E-state index contributed by atoms with van der Waals surface area (Å²) in [5, 5.41) is 14.8. The van der Waals surface area contributed by atoms with Crippen LogP contribution in [0.4, 0.5) is 17.1 Å². The monoisotopic (exact) mass is 944 g/mol. The summed E-state index contributed by atoms with van der Waals surface area (Å²) in [6.45, 7) is 13.2. The topological polar surface area (TPSA) is 294 Å². The average molecular weight is 946 g/mol. The Bertz CT molecular complexity index is 1330. The molecule has 0 unspecified atom stereocenters. The predicted molar refractivity (Wildman–Crippen MR) is 200 cm³/mol. The van der Waals surface area contributed by atoms with Gasteiger partial charge in [0.15, 0.2) is 5.44 Å². The van der Waals surface area contributed by atoms with E-state index in [2.05, 4.69) is 30.9 Å². The molecule has 0 aliphatic carbocycles. The smallest absolute Gasteiger partial charge is 0.376 e. The first-order valence-electron chi connectivity index (χ1n) is 13.6. The minimum atomic E-state index is -4.29. The molecule has 0 radical (unpaired) electrons. The third-order valence-corrected chi connectivity index (χ3v) is 8.30. The number of hydrogen-bond donors (Lipinski definition) is 7. The Balaban J connectivity index is -0.000000167. The van der Waals surface area contributed by atoms with Gasteiger partial charge in [0, 0.05) is 52.9 Å². The van der Waals surface area contributed by atoms with Crippen LogP contribution in [0.25, 0.3) is 0 Å². The molecule has 17 nitrogen and oxygen atoms in total. The number of halogens is 2. The summed E-state index contributed by atoms with van der Waals surface area (Å²) in [5.74, 6) is -1.67. The van der Waals surface area contributed by atoms with Crippen molar-refractivity contribution in [2.75, 3.05) is 50.4 Å². The normalized spacial score (nSPS) is 9.66. The van der Waals surface area contributed by atoms with Crippen molar-refractivity contribution in [1.29, 1.82) is 0 Å². The molecule has 290 valence electrons. The van der Waals surface area contributed by atoms with Gasteiger partial charge in [-0.15, -0.1) is 12.4 Å². The molecule has 0 spiro atoms. The molecule has 0 atom stereocenters. The van der Waals surface area contributed by atoms with Crippen molar-refractivity contribution < 1.29 is 72.7 Å². The van der Waals surface area contributed by atoms with Gasteiger partial charge < -0.3 is 55.3 Å². The summed E-state index contributed by atoms with van der Waals surface area (Å²) in [5.41, 5.74) is 17.6. The molecule has 50 heavy (non-hydrogen) atoms. The molecule has 0 aliphatic heterocycles. The average Bonchev–Trinajstić information content (AvgIpc) is 2.95. The number of rotatable bonds is 8. The standard InChI is InChI=1S/C7H11N2OP.C6H15O3P.C5H5BrN2.C5H7N2O3P.2C2H4O2.ClH.Pd/c1-11(2,10)7-6(8)4-3-5-9-7;1-4-7-10(8-5-2)9-6-3;6-5-4(7)2-1-3-8-5;6-4-2-1-3-7-5(4)11(8,9)10;2*1-2(3)4;;/h3-5H,8H2,1-2H3;4-6H2,1-3H3;1-3H,7H2;1-3H,6H2,(H2,8,9,10);2*1H3,(H,3,4);1H;. The molecule has 23 heteroatoms. The largest absolute Gasteiger partial charge is 0.481 e. The van der Waals surface area contributed by atoms with Crippen molar-refractivity contribution >= 4 is 91.5 Å². The van der Waals surface area contributed by atoms with Crippen LogP contribution in [-0.2, 0) is 52.7 Å². The number of nitrogen functional groups attached to an aromatic ring is 3. The summed E-state index contributed by atoms with van der Waals surface area (Å²) in [7, 11) is -7.64. The maximum Gasteiger partial charge on any atom is 0.376 e. The molecule has 0 aromatic carbocycles. The molecule has 3 rings (SSSR count). The van der Waals surface area contributed by atoms with E-state index in [1.807, 2.05) is 20.8 Å². The number of carbonyl (C=O) groups is 2. The van der Waals surface area contributed by atoms with Gasteiger partial charge >= 0.3 is 16.2 Å². The molecule has 0 saturated heterocycles. The number of nitrogens with two attached hydrogens (primary N) is 3. The number of carboxylic acid groups (broad SMARTS) is 2. The van der Waals surface area contributed by atoms with Gasteiger partial charge in [-0.2, -0.15) is 0 Å². The molecule has 3 heterocycles. The van der Waals surface area contributed by atoms with Gasteiger partial charge in [0.25, 0.3) is 11.9 Å². The Kier molecular flexibility index (Phi) is 37.6. The second-order valence-corrected chi connectivity index (χ2v) is 15.2. The van der Waals surface area contributed by atoms with E-state index in [4.69, 9.17) is 60.4 Å². The van der Waals surface area contributed by atoms with Gasteiger partial charge in [-0.3, -0.25) is 19.1 Å². The van der Waals surface area contributed by atoms with Crippen LogP contribution in [0.2, 0.25) is 0 Å². The molecular weight excluding hydrogens is 899 g/mol. The van der Waals surface area contributed by atoms with Crippen molar-refractivity contribution in [3.63, 3.8) is 0 Å². The molecule has 0 amide bonds. The van der Waals surface area contributed by atoms with Crippen LogP contribution in [0.3, 0.4) is 0 Å². The van der Waals surface area contributed by atoms with Gasteiger partial charge in [-0.25, -0.2) is 9.97 Å². The molecule has 0 saturated carbocycles. The summed E-state index contributed by atoms with van der Waals surface area (Å²) in [4.78, 5) is 46.6. The zero-order chi connectivity index (χ0) is 37.9. The first kappa shape index (κ1) is 57.3. The Labute approximate surface area is 322 Å². The summed E-state index contributed by atoms with van der Waals surface area (Å²) in [6.07, 6.45) is 4.57. The maximum atomic E-state index is 11.5. The number of aliphatic carboxylic acids is 2. The number of hydrogen-bond acceptors (Lipinski definition) is 13. The first-order chi connectivity index (χ1) is 22.1. The fraction of sp³-hybridized carbons (Fsp3) is 0.370. The summed E-state index contributed by atoms with van der Waals surface area (Å²) in [6, 6.07) is 9.92. The first-order valence-corrected chi connectivity index (χ1v) is 19.7. The molecular formula is C27H47BrClN6O11P3Pd. The van der Waals surface area contributed by atoms with Crippen molar-refractivity contribution in [2.45, 2.75) is 34.6 Å². The second-order valence-electron chi connectivity index (χ2n) is 8.63. The number of pyridine rings is 3. The van der Waals surface area contributed by atoms with E-state index in [1.54, 1.807) is 50.0 Å². The number of carboxylic acids is 2. The van der Waals surface area contributed by atoms with Crippen LogP contribution in [0, 0.1) is 0 Å². The van der Waals surface area contributed by atoms with E-state index < -0.39 is 35.3 Å². The van der Waals surface area contributed by atoms with E-state index >= 15 is 0 Å². The van der Waals surface area contributed by atoms with Crippen molar-refractivity contribution in [3.8, 4) is 0 Å². The molecule has 0 fully saturated rings. The number of anilines is 3. The van der Waals surface area contributed by atoms with Crippen LogP contribution in [-0.4, -0.2) is 80.0 Å². The van der Waals surface area contributed by atoms with Gasteiger partial charge in [-0.05, 0) is 86.4 Å². The van der Waals surface area contributed by atoms with Crippen LogP contribution in [0.5, 0.6) is 0 Å². The van der Waals surface area contributed by atoms with Crippen LogP contribution >= 0.6 is 51.7 Å². The fourth-order valence-electron chi connectivity index (χ4n) is 2.34. The van der Waals surface area contributed by atoms with E-state index in [9.17, 15) is 9.13 Å². The molecule has 0 aliphatic rings. The fourth-order valence-corrected chi connectivity index (χ4v) is 5.11. The van der Waals surface area contributed by atoms with E-state index in [0.29, 0.717) is 41.2 Å². The van der Waals surface area contributed by atoms with Gasteiger partial charge in [-0.1, -0.05) is 0 Å². The van der Waals surface area contributed by atoms with E-state index in [1.165, 1.54) is 18.3 Å². The molecule has 0 bridgehead atoms. The third-order valence-electron chi connectivity index (χ3n) is 3.91. The predicted octanol–water partition coefficient (Wildman–Crippen LogP) is 4.73. The zero-order valence-electron chi connectivity index (χ0n) is 28.5. The summed E-state index contributed by atoms with van der Waals surface area (Å²) < 4.78 is 38.2. The van der Waals surface area contributed by atoms with Crippen LogP contribution in [0.1, 0.15) is 34.6 Å². The van der Waals surface area contributed by atoms with Crippen molar-refractivity contribution in [2.24, 2.45) is 0 Å². The Morgan fingerprint density at radius 1 is 0.740 bits per heavy atom. The quantitative estimate of drug-likeness (QED) is 0.0912. The Hall–Kier alpha value is -2.09. The second kappa shape index (κ2) is 32.8. The van der Waals surface area contributed by atoms with Crippen molar-refractivity contribution in [3.05, 3.63) is 59.6 Å². The van der Waals surface area contributed by atoms with Crippen LogP contribution < -0.4 is 28.1 Å². The van der Waals surface area contributed by atoms with Gasteiger partial charge in [0.05, 0.1) is 36.9 Å². The van der Waals surface area contributed by atoms with Gasteiger partial charge in [0.1, 0.15) is 17.2 Å². The minimum absolute atomic E-state index is 0. The zero-order valence-corrected chi connectivity index (χ0v) is 35.1. The molecule has 10 N–H and O–H groups in total. The minimum Gasteiger partial charge on any atom is -0.481 e. The SMILES string of the molecule is CC(=O)O.CC(=O)O.CCOP(OCC)OCC.CP(C)(=O)c1ncccc1N.Cl.Nc1cccnc1Br.Nc1cccnc1P(=O)(O)O.[Pd]. The Morgan fingerprint density at radius 3 is 1.22 bits per heavy atom. The van der Waals surface area contributed by atoms with Gasteiger partial charge in [0.2, 0.25) is 0 Å². The Morgan fingerprint density at radius 2 is 1.04 bits per heavy atom. The summed E-state index contributed by atoms with van der Waals surface area (Å²) >= 11 is 3.16. The van der Waals surface area contributed by atoms with E-state index in [-0.39, 0.29) is 44.0 Å². The number of nitrogens with zero attached hydrogens (tertiary/aromatic N) is 3. The molecule has 3 aromatic heterocycles. The van der Waals surface area contributed by atoms with Crippen LogP contribution in [0.15, 0.2) is 59.6 Å². The number of aromatic nitrogens is 3. The third kappa shape index (κ3) is 34.4. The molecule has 3 aromatic rings. The maximum absolute atomic E-state index is 11.5.